The quantitative estimate of drug-likeness (QED) is 0.759. The molecule has 0 unspecified atom stereocenters. The summed E-state index contributed by atoms with van der Waals surface area (Å²) in [5.41, 5.74) is 4.72. The maximum atomic E-state index is 12.8. The number of hydrogen-bond donors (Lipinski definition) is 1. The zero-order valence-corrected chi connectivity index (χ0v) is 13.9. The number of rotatable bonds is 6. The number of carbonyl (C=O) groups excluding carboxylic acids is 3. The van der Waals surface area contributed by atoms with Crippen molar-refractivity contribution in [2.75, 3.05) is 33.4 Å². The number of primary amides is 1. The van der Waals surface area contributed by atoms with E-state index in [1.54, 1.807) is 16.9 Å². The van der Waals surface area contributed by atoms with Crippen LogP contribution in [0.2, 0.25) is 0 Å². The topological polar surface area (TPSA) is 92.9 Å². The number of hydrogen-bond acceptors (Lipinski definition) is 4. The summed E-state index contributed by atoms with van der Waals surface area (Å²) in [6.07, 6.45) is 4.97. The molecule has 2 N–H and O–H groups in total. The number of methoxy groups -OCH3 is 1. The molecule has 2 aliphatic heterocycles. The van der Waals surface area contributed by atoms with Crippen LogP contribution in [0, 0.1) is 0 Å². The lowest BCUT2D eigenvalue weighted by Crippen LogP contribution is -2.55. The molecule has 130 valence electrons. The molecule has 7 nitrogen and oxygen atoms in total. The first-order chi connectivity index (χ1) is 11.0. The third-order valence-corrected chi connectivity index (χ3v) is 4.81. The van der Waals surface area contributed by atoms with Gasteiger partial charge in [0, 0.05) is 26.6 Å². The molecular weight excluding hydrogens is 298 g/mol. The SMILES string of the molecule is COC[C@]1(CC(N)=O)CCCN1C(=O)CN1CCCCCC1=O. The van der Waals surface area contributed by atoms with Gasteiger partial charge in [-0.05, 0) is 25.7 Å². The monoisotopic (exact) mass is 325 g/mol. The second kappa shape index (κ2) is 7.77. The van der Waals surface area contributed by atoms with Gasteiger partial charge in [-0.25, -0.2) is 0 Å². The maximum absolute atomic E-state index is 12.8. The minimum Gasteiger partial charge on any atom is -0.382 e. The fraction of sp³-hybridized carbons (Fsp3) is 0.812. The Bertz CT molecular complexity index is 468. The molecule has 2 aliphatic rings. The Morgan fingerprint density at radius 2 is 2.00 bits per heavy atom. The molecule has 0 saturated carbocycles. The Balaban J connectivity index is 2.09. The van der Waals surface area contributed by atoms with E-state index in [1.807, 2.05) is 0 Å². The average molecular weight is 325 g/mol. The minimum atomic E-state index is -0.660. The smallest absolute Gasteiger partial charge is 0.242 e. The number of carbonyl (C=O) groups is 3. The molecule has 2 fully saturated rings. The van der Waals surface area contributed by atoms with Crippen molar-refractivity contribution in [3.05, 3.63) is 0 Å². The van der Waals surface area contributed by atoms with Gasteiger partial charge in [0.1, 0.15) is 0 Å². The summed E-state index contributed by atoms with van der Waals surface area (Å²) in [4.78, 5) is 39.7. The van der Waals surface area contributed by atoms with Gasteiger partial charge in [-0.3, -0.25) is 14.4 Å². The van der Waals surface area contributed by atoms with Crippen LogP contribution in [0.25, 0.3) is 0 Å². The number of nitrogens with two attached hydrogens (primary N) is 1. The molecule has 0 spiro atoms. The highest BCUT2D eigenvalue weighted by molar-refractivity contribution is 5.86. The van der Waals surface area contributed by atoms with Gasteiger partial charge in [0.05, 0.1) is 25.1 Å². The molecule has 0 radical (unpaired) electrons. The number of ether oxygens (including phenoxy) is 1. The van der Waals surface area contributed by atoms with E-state index < -0.39 is 11.4 Å². The predicted octanol–water partition coefficient (Wildman–Crippen LogP) is 0.272. The lowest BCUT2D eigenvalue weighted by Gasteiger charge is -2.38. The van der Waals surface area contributed by atoms with Crippen LogP contribution in [0.1, 0.15) is 44.9 Å². The minimum absolute atomic E-state index is 0.0438. The van der Waals surface area contributed by atoms with E-state index in [0.29, 0.717) is 25.9 Å². The summed E-state index contributed by atoms with van der Waals surface area (Å²) < 4.78 is 5.26. The standard InChI is InChI=1S/C16H27N3O4/c1-23-12-16(10-13(17)20)7-5-9-19(16)15(22)11-18-8-4-2-3-6-14(18)21/h2-12H2,1H3,(H2,17,20)/t16-/m1/s1. The van der Waals surface area contributed by atoms with Crippen molar-refractivity contribution in [1.82, 2.24) is 9.80 Å². The summed E-state index contributed by atoms with van der Waals surface area (Å²) in [6, 6.07) is 0. The van der Waals surface area contributed by atoms with Crippen LogP contribution in [-0.4, -0.2) is 66.4 Å². The van der Waals surface area contributed by atoms with Crippen molar-refractivity contribution in [1.29, 1.82) is 0 Å². The van der Waals surface area contributed by atoms with E-state index in [1.165, 1.54) is 0 Å². The van der Waals surface area contributed by atoms with Gasteiger partial charge in [0.2, 0.25) is 17.7 Å². The first kappa shape index (κ1) is 17.7. The summed E-state index contributed by atoms with van der Waals surface area (Å²) in [7, 11) is 1.56. The highest BCUT2D eigenvalue weighted by atomic mass is 16.5. The zero-order valence-electron chi connectivity index (χ0n) is 13.9. The molecule has 2 saturated heterocycles. The average Bonchev–Trinajstić information content (AvgIpc) is 2.77. The number of likely N-dealkylation sites (tertiary alicyclic amines) is 2. The Morgan fingerprint density at radius 3 is 2.70 bits per heavy atom. The molecule has 0 bridgehead atoms. The first-order valence-electron chi connectivity index (χ1n) is 8.34. The van der Waals surface area contributed by atoms with E-state index in [4.69, 9.17) is 10.5 Å². The number of amides is 3. The van der Waals surface area contributed by atoms with Gasteiger partial charge in [0.25, 0.3) is 0 Å². The molecule has 0 aromatic carbocycles. The molecule has 0 aromatic heterocycles. The number of nitrogens with zero attached hydrogens (tertiary/aromatic N) is 2. The van der Waals surface area contributed by atoms with Gasteiger partial charge in [-0.2, -0.15) is 0 Å². The Hall–Kier alpha value is -1.63. The lowest BCUT2D eigenvalue weighted by atomic mass is 9.92. The fourth-order valence-corrected chi connectivity index (χ4v) is 3.76. The predicted molar refractivity (Wildman–Crippen MR) is 84.4 cm³/mol. The lowest BCUT2D eigenvalue weighted by molar-refractivity contribution is -0.145. The highest BCUT2D eigenvalue weighted by Crippen LogP contribution is 2.33. The molecule has 7 heteroatoms. The van der Waals surface area contributed by atoms with Gasteiger partial charge >= 0.3 is 0 Å². The van der Waals surface area contributed by atoms with Gasteiger partial charge in [-0.1, -0.05) is 6.42 Å². The van der Waals surface area contributed by atoms with Gasteiger partial charge in [-0.15, -0.1) is 0 Å². The molecule has 0 aliphatic carbocycles. The van der Waals surface area contributed by atoms with Crippen LogP contribution in [-0.2, 0) is 19.1 Å². The largest absolute Gasteiger partial charge is 0.382 e. The summed E-state index contributed by atoms with van der Waals surface area (Å²) in [5.74, 6) is -0.508. The summed E-state index contributed by atoms with van der Waals surface area (Å²) in [5, 5.41) is 0. The second-order valence-corrected chi connectivity index (χ2v) is 6.58. The van der Waals surface area contributed by atoms with Crippen molar-refractivity contribution in [3.63, 3.8) is 0 Å². The summed E-state index contributed by atoms with van der Waals surface area (Å²) in [6.45, 7) is 1.59. The van der Waals surface area contributed by atoms with Gasteiger partial charge in [0.15, 0.2) is 0 Å². The third-order valence-electron chi connectivity index (χ3n) is 4.81. The normalized spacial score (nSPS) is 25.5. The van der Waals surface area contributed by atoms with E-state index in [2.05, 4.69) is 0 Å². The molecule has 23 heavy (non-hydrogen) atoms. The van der Waals surface area contributed by atoms with Crippen LogP contribution in [0.5, 0.6) is 0 Å². The van der Waals surface area contributed by atoms with Crippen molar-refractivity contribution in [2.45, 2.75) is 50.5 Å². The van der Waals surface area contributed by atoms with Crippen LogP contribution >= 0.6 is 0 Å². The van der Waals surface area contributed by atoms with Crippen LogP contribution in [0.3, 0.4) is 0 Å². The molecule has 0 aromatic rings. The van der Waals surface area contributed by atoms with Crippen LogP contribution < -0.4 is 5.73 Å². The van der Waals surface area contributed by atoms with Crippen molar-refractivity contribution >= 4 is 17.7 Å². The maximum Gasteiger partial charge on any atom is 0.242 e. The van der Waals surface area contributed by atoms with Crippen molar-refractivity contribution in [2.24, 2.45) is 5.73 Å². The third kappa shape index (κ3) is 4.22. The van der Waals surface area contributed by atoms with Crippen LogP contribution in [0.15, 0.2) is 0 Å². The molecular formula is C16H27N3O4. The molecule has 1 atom stereocenters. The summed E-state index contributed by atoms with van der Waals surface area (Å²) >= 11 is 0. The van der Waals surface area contributed by atoms with E-state index in [-0.39, 0.29) is 31.4 Å². The first-order valence-corrected chi connectivity index (χ1v) is 8.34. The highest BCUT2D eigenvalue weighted by Gasteiger charge is 2.45. The molecule has 3 amide bonds. The zero-order chi connectivity index (χ0) is 16.9. The molecule has 2 heterocycles. The second-order valence-electron chi connectivity index (χ2n) is 6.58. The fourth-order valence-electron chi connectivity index (χ4n) is 3.76. The Kier molecular flexibility index (Phi) is 5.98. The van der Waals surface area contributed by atoms with Gasteiger partial charge < -0.3 is 20.3 Å². The molecule has 2 rings (SSSR count). The van der Waals surface area contributed by atoms with E-state index in [0.717, 1.165) is 25.7 Å². The van der Waals surface area contributed by atoms with Crippen LogP contribution in [0.4, 0.5) is 0 Å². The Labute approximate surface area is 137 Å². The van der Waals surface area contributed by atoms with E-state index in [9.17, 15) is 14.4 Å². The van der Waals surface area contributed by atoms with E-state index >= 15 is 0 Å². The Morgan fingerprint density at radius 1 is 1.22 bits per heavy atom. The van der Waals surface area contributed by atoms with Crippen molar-refractivity contribution in [3.8, 4) is 0 Å². The van der Waals surface area contributed by atoms with Crippen molar-refractivity contribution < 1.29 is 19.1 Å².